The lowest BCUT2D eigenvalue weighted by Gasteiger charge is -2.13. The highest BCUT2D eigenvalue weighted by molar-refractivity contribution is 5.71. The van der Waals surface area contributed by atoms with E-state index in [0.29, 0.717) is 11.8 Å². The summed E-state index contributed by atoms with van der Waals surface area (Å²) in [5.74, 6) is 1.05. The fourth-order valence-corrected chi connectivity index (χ4v) is 1.71. The molecule has 0 aromatic heterocycles. The molecule has 0 heterocycles. The number of ether oxygens (including phenoxy) is 1. The molecule has 0 aliphatic heterocycles. The molecule has 0 fully saturated rings. The third-order valence-electron chi connectivity index (χ3n) is 3.04. The summed E-state index contributed by atoms with van der Waals surface area (Å²) < 4.78 is 4.56. The molecule has 1 rings (SSSR count). The van der Waals surface area contributed by atoms with E-state index < -0.39 is 0 Å². The van der Waals surface area contributed by atoms with Crippen molar-refractivity contribution in [1.82, 2.24) is 5.32 Å². The molecule has 2 unspecified atom stereocenters. The van der Waals surface area contributed by atoms with Gasteiger partial charge in [-0.15, -0.1) is 0 Å². The van der Waals surface area contributed by atoms with Crippen molar-refractivity contribution in [2.75, 3.05) is 20.2 Å². The van der Waals surface area contributed by atoms with E-state index in [1.165, 1.54) is 12.7 Å². The fourth-order valence-electron chi connectivity index (χ4n) is 1.71. The van der Waals surface area contributed by atoms with E-state index in [0.717, 1.165) is 13.0 Å². The normalized spacial score (nSPS) is 24.8. The monoisotopic (exact) mass is 223 g/mol. The molecule has 90 valence electrons. The molecule has 1 aliphatic rings. The molecule has 0 aromatic rings. The Labute approximate surface area is 97.6 Å². The highest BCUT2D eigenvalue weighted by Crippen LogP contribution is 2.22. The molecule has 0 bridgehead atoms. The molecule has 16 heavy (non-hydrogen) atoms. The quantitative estimate of drug-likeness (QED) is 0.740. The van der Waals surface area contributed by atoms with Crippen LogP contribution >= 0.6 is 0 Å². The van der Waals surface area contributed by atoms with Gasteiger partial charge in [0.1, 0.15) is 0 Å². The first-order valence-corrected chi connectivity index (χ1v) is 5.78. The second-order valence-electron chi connectivity index (χ2n) is 4.40. The highest BCUT2D eigenvalue weighted by Gasteiger charge is 2.11. The Morgan fingerprint density at radius 3 is 3.00 bits per heavy atom. The number of hydrogen-bond acceptors (Lipinski definition) is 3. The van der Waals surface area contributed by atoms with Gasteiger partial charge in [0.2, 0.25) is 0 Å². The number of methoxy groups -OCH3 is 1. The first-order chi connectivity index (χ1) is 7.63. The van der Waals surface area contributed by atoms with Crippen molar-refractivity contribution in [1.29, 1.82) is 0 Å². The van der Waals surface area contributed by atoms with E-state index in [1.807, 2.05) is 0 Å². The molecule has 2 atom stereocenters. The van der Waals surface area contributed by atoms with Crippen LogP contribution in [0.2, 0.25) is 0 Å². The lowest BCUT2D eigenvalue weighted by molar-refractivity contribution is -0.139. The van der Waals surface area contributed by atoms with Gasteiger partial charge in [0.05, 0.1) is 13.7 Å². The van der Waals surface area contributed by atoms with Crippen LogP contribution in [0.25, 0.3) is 0 Å². The zero-order chi connectivity index (χ0) is 12.0. The maximum Gasteiger partial charge on any atom is 0.319 e. The summed E-state index contributed by atoms with van der Waals surface area (Å²) in [6.45, 7) is 5.49. The molecule has 3 heteroatoms. The van der Waals surface area contributed by atoms with Gasteiger partial charge in [-0.05, 0) is 23.8 Å². The van der Waals surface area contributed by atoms with Crippen LogP contribution in [-0.2, 0) is 9.53 Å². The van der Waals surface area contributed by atoms with Crippen molar-refractivity contribution in [3.8, 4) is 0 Å². The van der Waals surface area contributed by atoms with Crippen molar-refractivity contribution in [2.24, 2.45) is 11.8 Å². The number of carbonyl (C=O) groups excluding carboxylic acids is 1. The smallest absolute Gasteiger partial charge is 0.319 e. The molecule has 3 nitrogen and oxygen atoms in total. The van der Waals surface area contributed by atoms with Gasteiger partial charge in [0, 0.05) is 6.54 Å². The largest absolute Gasteiger partial charge is 0.468 e. The van der Waals surface area contributed by atoms with Crippen molar-refractivity contribution in [3.05, 3.63) is 23.8 Å². The number of rotatable bonds is 4. The summed E-state index contributed by atoms with van der Waals surface area (Å²) in [6.07, 6.45) is 7.75. The minimum Gasteiger partial charge on any atom is -0.468 e. The van der Waals surface area contributed by atoms with E-state index >= 15 is 0 Å². The lowest BCUT2D eigenvalue weighted by atomic mass is 9.93. The first-order valence-electron chi connectivity index (χ1n) is 5.78. The predicted octanol–water partition coefficient (Wildman–Crippen LogP) is 1.91. The Bertz CT molecular complexity index is 294. The summed E-state index contributed by atoms with van der Waals surface area (Å²) in [5, 5.41) is 3.07. The topological polar surface area (TPSA) is 38.3 Å². The third kappa shape index (κ3) is 4.19. The Kier molecular flexibility index (Phi) is 5.26. The Morgan fingerprint density at radius 1 is 1.56 bits per heavy atom. The van der Waals surface area contributed by atoms with Gasteiger partial charge in [-0.2, -0.15) is 0 Å². The maximum atomic E-state index is 10.9. The zero-order valence-electron chi connectivity index (χ0n) is 10.3. The van der Waals surface area contributed by atoms with Gasteiger partial charge in [-0.25, -0.2) is 0 Å². The van der Waals surface area contributed by atoms with Gasteiger partial charge >= 0.3 is 5.97 Å². The van der Waals surface area contributed by atoms with Crippen LogP contribution in [0.4, 0.5) is 0 Å². The Morgan fingerprint density at radius 2 is 2.31 bits per heavy atom. The van der Waals surface area contributed by atoms with Crippen LogP contribution in [0.5, 0.6) is 0 Å². The van der Waals surface area contributed by atoms with Crippen LogP contribution in [-0.4, -0.2) is 26.2 Å². The minimum atomic E-state index is -0.223. The molecule has 1 N–H and O–H groups in total. The summed E-state index contributed by atoms with van der Waals surface area (Å²) in [6, 6.07) is 0. The molecule has 0 aromatic carbocycles. The fraction of sp³-hybridized carbons (Fsp3) is 0.615. The summed E-state index contributed by atoms with van der Waals surface area (Å²) in [4.78, 5) is 10.9. The minimum absolute atomic E-state index is 0.223. The second kappa shape index (κ2) is 6.48. The van der Waals surface area contributed by atoms with Crippen LogP contribution in [0, 0.1) is 11.8 Å². The van der Waals surface area contributed by atoms with Gasteiger partial charge < -0.3 is 10.1 Å². The summed E-state index contributed by atoms with van der Waals surface area (Å²) >= 11 is 0. The average Bonchev–Trinajstić information content (AvgIpc) is 2.42. The van der Waals surface area contributed by atoms with Crippen molar-refractivity contribution in [3.63, 3.8) is 0 Å². The molecule has 0 saturated carbocycles. The second-order valence-corrected chi connectivity index (χ2v) is 4.40. The van der Waals surface area contributed by atoms with Crippen LogP contribution in [0.1, 0.15) is 20.3 Å². The number of esters is 1. The van der Waals surface area contributed by atoms with E-state index in [2.05, 4.69) is 42.1 Å². The van der Waals surface area contributed by atoms with Crippen LogP contribution in [0.15, 0.2) is 23.8 Å². The molecular weight excluding hydrogens is 202 g/mol. The van der Waals surface area contributed by atoms with Gasteiger partial charge in [0.25, 0.3) is 0 Å². The van der Waals surface area contributed by atoms with Gasteiger partial charge in [0.15, 0.2) is 0 Å². The summed E-state index contributed by atoms with van der Waals surface area (Å²) in [7, 11) is 1.40. The summed E-state index contributed by atoms with van der Waals surface area (Å²) in [5.41, 5.74) is 1.25. The highest BCUT2D eigenvalue weighted by atomic mass is 16.5. The van der Waals surface area contributed by atoms with Crippen molar-refractivity contribution >= 4 is 5.97 Å². The molecule has 0 saturated heterocycles. The van der Waals surface area contributed by atoms with Gasteiger partial charge in [-0.1, -0.05) is 32.1 Å². The van der Waals surface area contributed by atoms with Crippen LogP contribution in [0.3, 0.4) is 0 Å². The number of carbonyl (C=O) groups is 1. The average molecular weight is 223 g/mol. The molecule has 0 spiro atoms. The Hall–Kier alpha value is -1.09. The first kappa shape index (κ1) is 13.0. The van der Waals surface area contributed by atoms with Gasteiger partial charge in [-0.3, -0.25) is 4.79 Å². The lowest BCUT2D eigenvalue weighted by Crippen LogP contribution is -2.25. The SMILES string of the molecule is COC(=O)CNCC1=CC(C)C(C)CC=C1. The third-order valence-corrected chi connectivity index (χ3v) is 3.04. The molecule has 0 radical (unpaired) electrons. The van der Waals surface area contributed by atoms with E-state index in [9.17, 15) is 4.79 Å². The van der Waals surface area contributed by atoms with Crippen molar-refractivity contribution in [2.45, 2.75) is 20.3 Å². The number of nitrogens with one attached hydrogen (secondary N) is 1. The maximum absolute atomic E-state index is 10.9. The molecular formula is C13H21NO2. The van der Waals surface area contributed by atoms with Crippen molar-refractivity contribution < 1.29 is 9.53 Å². The molecule has 1 aliphatic carbocycles. The standard InChI is InChI=1S/C13H21NO2/c1-10-5-4-6-12(7-11(10)2)8-14-9-13(15)16-3/h4,6-7,10-11,14H,5,8-9H2,1-3H3. The Balaban J connectivity index is 2.41. The van der Waals surface area contributed by atoms with E-state index in [-0.39, 0.29) is 12.5 Å². The number of allylic oxidation sites excluding steroid dienone is 2. The van der Waals surface area contributed by atoms with E-state index in [4.69, 9.17) is 0 Å². The van der Waals surface area contributed by atoms with Crippen LogP contribution < -0.4 is 5.32 Å². The molecule has 0 amide bonds. The zero-order valence-corrected chi connectivity index (χ0v) is 10.3. The van der Waals surface area contributed by atoms with E-state index in [1.54, 1.807) is 0 Å². The predicted molar refractivity (Wildman–Crippen MR) is 65.1 cm³/mol. The number of hydrogen-bond donors (Lipinski definition) is 1.